The number of anilines is 2. The normalized spacial score (nSPS) is 16.9. The monoisotopic (exact) mass is 269 g/mol. The summed E-state index contributed by atoms with van der Waals surface area (Å²) >= 11 is 1.21. The highest BCUT2D eigenvalue weighted by Gasteiger charge is 2.25. The van der Waals surface area contributed by atoms with Gasteiger partial charge in [-0.15, -0.1) is 0 Å². The van der Waals surface area contributed by atoms with Crippen LogP contribution in [-0.4, -0.2) is 30.6 Å². The van der Waals surface area contributed by atoms with Crippen molar-refractivity contribution in [3.05, 3.63) is 4.88 Å². The summed E-state index contributed by atoms with van der Waals surface area (Å²) in [5.41, 5.74) is 5.72. The number of carbonyl (C=O) groups is 1. The second-order valence-electron chi connectivity index (χ2n) is 4.59. The van der Waals surface area contributed by atoms with Crippen LogP contribution in [0.2, 0.25) is 0 Å². The zero-order valence-electron chi connectivity index (χ0n) is 10.8. The summed E-state index contributed by atoms with van der Waals surface area (Å²) in [5.74, 6) is 1.12. The summed E-state index contributed by atoms with van der Waals surface area (Å²) < 4.78 is 5.04. The molecule has 6 heteroatoms. The van der Waals surface area contributed by atoms with Crippen LogP contribution in [0.1, 0.15) is 36.4 Å². The van der Waals surface area contributed by atoms with Gasteiger partial charge in [0.15, 0.2) is 15.8 Å². The van der Waals surface area contributed by atoms with E-state index in [0.29, 0.717) is 22.4 Å². The van der Waals surface area contributed by atoms with Gasteiger partial charge in [0.2, 0.25) is 0 Å². The van der Waals surface area contributed by atoms with Crippen LogP contribution in [0.4, 0.5) is 10.9 Å². The Bertz CT molecular complexity index is 425. The predicted molar refractivity (Wildman–Crippen MR) is 73.1 cm³/mol. The summed E-state index contributed by atoms with van der Waals surface area (Å²) in [6, 6.07) is 0. The summed E-state index contributed by atoms with van der Waals surface area (Å²) in [6.45, 7) is 6.27. The summed E-state index contributed by atoms with van der Waals surface area (Å²) in [4.78, 5) is 18.8. The second kappa shape index (κ2) is 5.56. The number of rotatable bonds is 3. The van der Waals surface area contributed by atoms with E-state index in [4.69, 9.17) is 10.5 Å². The van der Waals surface area contributed by atoms with Crippen LogP contribution in [0.25, 0.3) is 0 Å². The van der Waals surface area contributed by atoms with Gasteiger partial charge in [-0.05, 0) is 25.7 Å². The van der Waals surface area contributed by atoms with E-state index in [9.17, 15) is 4.79 Å². The molecule has 1 aromatic heterocycles. The molecule has 0 aromatic carbocycles. The van der Waals surface area contributed by atoms with Crippen molar-refractivity contribution in [3.8, 4) is 0 Å². The number of nitrogen functional groups attached to an aromatic ring is 1. The van der Waals surface area contributed by atoms with Crippen molar-refractivity contribution in [2.45, 2.75) is 26.7 Å². The lowest BCUT2D eigenvalue weighted by molar-refractivity contribution is 0.0532. The Morgan fingerprint density at radius 1 is 1.56 bits per heavy atom. The molecule has 0 amide bonds. The molecule has 0 aliphatic carbocycles. The third-order valence-electron chi connectivity index (χ3n) is 3.17. The molecule has 1 fully saturated rings. The summed E-state index contributed by atoms with van der Waals surface area (Å²) in [7, 11) is 0. The van der Waals surface area contributed by atoms with E-state index in [1.165, 1.54) is 11.3 Å². The minimum Gasteiger partial charge on any atom is -0.462 e. The maximum Gasteiger partial charge on any atom is 0.352 e. The molecule has 0 spiro atoms. The number of piperidine rings is 1. The summed E-state index contributed by atoms with van der Waals surface area (Å²) in [5, 5.41) is 0.423. The third-order valence-corrected chi connectivity index (χ3v) is 4.02. The Labute approximate surface area is 111 Å². The molecule has 0 saturated carbocycles. The molecule has 1 aliphatic heterocycles. The topological polar surface area (TPSA) is 68.5 Å². The first-order valence-electron chi connectivity index (χ1n) is 6.30. The van der Waals surface area contributed by atoms with Crippen LogP contribution in [-0.2, 0) is 4.74 Å². The van der Waals surface area contributed by atoms with Gasteiger partial charge in [0.1, 0.15) is 0 Å². The predicted octanol–water partition coefficient (Wildman–Crippen LogP) is 2.14. The fourth-order valence-electron chi connectivity index (χ4n) is 2.09. The van der Waals surface area contributed by atoms with Crippen LogP contribution in [0.5, 0.6) is 0 Å². The standard InChI is InChI=1S/C12H19N3O2S/c1-3-17-11(16)9-10(14-12(13)18-9)15-6-4-8(2)5-7-15/h8H,3-7H2,1-2H3,(H2,13,14). The number of nitrogens with zero attached hydrogens (tertiary/aromatic N) is 2. The molecule has 0 radical (unpaired) electrons. The van der Waals surface area contributed by atoms with Crippen molar-refractivity contribution in [2.75, 3.05) is 30.3 Å². The number of aromatic nitrogens is 1. The van der Waals surface area contributed by atoms with Gasteiger partial charge in [-0.2, -0.15) is 0 Å². The van der Waals surface area contributed by atoms with Crippen LogP contribution in [0, 0.1) is 5.92 Å². The van der Waals surface area contributed by atoms with Crippen LogP contribution in [0.3, 0.4) is 0 Å². The Morgan fingerprint density at radius 3 is 2.83 bits per heavy atom. The average Bonchev–Trinajstić information content (AvgIpc) is 2.73. The lowest BCUT2D eigenvalue weighted by atomic mass is 9.99. The molecule has 100 valence electrons. The van der Waals surface area contributed by atoms with E-state index in [0.717, 1.165) is 31.8 Å². The Morgan fingerprint density at radius 2 is 2.22 bits per heavy atom. The molecule has 18 heavy (non-hydrogen) atoms. The van der Waals surface area contributed by atoms with E-state index in [2.05, 4.69) is 16.8 Å². The number of esters is 1. The molecule has 0 unspecified atom stereocenters. The van der Waals surface area contributed by atoms with Crippen LogP contribution < -0.4 is 10.6 Å². The average molecular weight is 269 g/mol. The lowest BCUT2D eigenvalue weighted by Crippen LogP contribution is -2.34. The molecule has 2 rings (SSSR count). The van der Waals surface area contributed by atoms with Gasteiger partial charge in [0.25, 0.3) is 0 Å². The zero-order chi connectivity index (χ0) is 13.1. The number of thiazole rings is 1. The molecular formula is C12H19N3O2S. The van der Waals surface area contributed by atoms with E-state index < -0.39 is 0 Å². The first-order valence-corrected chi connectivity index (χ1v) is 7.11. The van der Waals surface area contributed by atoms with Gasteiger partial charge >= 0.3 is 5.97 Å². The first-order chi connectivity index (χ1) is 8.61. The zero-order valence-corrected chi connectivity index (χ0v) is 11.6. The van der Waals surface area contributed by atoms with Gasteiger partial charge in [0, 0.05) is 13.1 Å². The molecule has 1 aliphatic rings. The van der Waals surface area contributed by atoms with Crippen molar-refractivity contribution in [3.63, 3.8) is 0 Å². The molecule has 1 aromatic rings. The highest BCUT2D eigenvalue weighted by molar-refractivity contribution is 7.17. The number of carbonyl (C=O) groups excluding carboxylic acids is 1. The van der Waals surface area contributed by atoms with Crippen molar-refractivity contribution in [1.29, 1.82) is 0 Å². The number of hydrogen-bond donors (Lipinski definition) is 1. The SMILES string of the molecule is CCOC(=O)c1sc(N)nc1N1CCC(C)CC1. The smallest absolute Gasteiger partial charge is 0.352 e. The second-order valence-corrected chi connectivity index (χ2v) is 5.63. The van der Waals surface area contributed by atoms with Gasteiger partial charge in [-0.1, -0.05) is 18.3 Å². The number of hydrogen-bond acceptors (Lipinski definition) is 6. The minimum absolute atomic E-state index is 0.319. The molecule has 2 heterocycles. The number of nitrogens with two attached hydrogens (primary N) is 1. The van der Waals surface area contributed by atoms with Crippen LogP contribution in [0.15, 0.2) is 0 Å². The molecule has 1 saturated heterocycles. The Balaban J connectivity index is 2.19. The maximum absolute atomic E-state index is 11.9. The highest BCUT2D eigenvalue weighted by atomic mass is 32.1. The summed E-state index contributed by atoms with van der Waals surface area (Å²) in [6.07, 6.45) is 2.25. The fourth-order valence-corrected chi connectivity index (χ4v) is 2.84. The number of ether oxygens (including phenoxy) is 1. The largest absolute Gasteiger partial charge is 0.462 e. The van der Waals surface area contributed by atoms with Crippen molar-refractivity contribution in [1.82, 2.24) is 4.98 Å². The first kappa shape index (κ1) is 13.1. The molecule has 0 bridgehead atoms. The molecule has 5 nitrogen and oxygen atoms in total. The quantitative estimate of drug-likeness (QED) is 0.851. The van der Waals surface area contributed by atoms with Gasteiger partial charge in [0.05, 0.1) is 6.61 Å². The maximum atomic E-state index is 11.9. The van der Waals surface area contributed by atoms with Crippen molar-refractivity contribution in [2.24, 2.45) is 5.92 Å². The third kappa shape index (κ3) is 2.75. The van der Waals surface area contributed by atoms with Crippen molar-refractivity contribution < 1.29 is 9.53 Å². The van der Waals surface area contributed by atoms with E-state index in [-0.39, 0.29) is 5.97 Å². The van der Waals surface area contributed by atoms with E-state index >= 15 is 0 Å². The van der Waals surface area contributed by atoms with Gasteiger partial charge in [-0.3, -0.25) is 0 Å². The lowest BCUT2D eigenvalue weighted by Gasteiger charge is -2.30. The minimum atomic E-state index is -0.319. The highest BCUT2D eigenvalue weighted by Crippen LogP contribution is 2.31. The van der Waals surface area contributed by atoms with Gasteiger partial charge in [-0.25, -0.2) is 9.78 Å². The molecular weight excluding hydrogens is 250 g/mol. The molecule has 2 N–H and O–H groups in total. The van der Waals surface area contributed by atoms with E-state index in [1.54, 1.807) is 6.92 Å². The Kier molecular flexibility index (Phi) is 4.06. The Hall–Kier alpha value is -1.30. The molecule has 0 atom stereocenters. The van der Waals surface area contributed by atoms with Gasteiger partial charge < -0.3 is 15.4 Å². The van der Waals surface area contributed by atoms with Crippen LogP contribution >= 0.6 is 11.3 Å². The van der Waals surface area contributed by atoms with E-state index in [1.807, 2.05) is 0 Å². The van der Waals surface area contributed by atoms with Crippen molar-refractivity contribution >= 4 is 28.3 Å². The fraction of sp³-hybridized carbons (Fsp3) is 0.667.